The second kappa shape index (κ2) is 3.38. The summed E-state index contributed by atoms with van der Waals surface area (Å²) in [6.07, 6.45) is -4.06. The van der Waals surface area contributed by atoms with E-state index in [9.17, 15) is 13.2 Å². The van der Waals surface area contributed by atoms with Gasteiger partial charge < -0.3 is 5.32 Å². The van der Waals surface area contributed by atoms with Gasteiger partial charge in [-0.05, 0) is 31.5 Å². The SMILES string of the molecule is CCN(CC(F)(F)F)C1[C@H]2CNC[C@@H]12. The summed E-state index contributed by atoms with van der Waals surface area (Å²) in [4.78, 5) is 1.57. The van der Waals surface area contributed by atoms with Crippen LogP contribution >= 0.6 is 0 Å². The number of fused-ring (bicyclic) bond motifs is 1. The zero-order valence-electron chi connectivity index (χ0n) is 8.14. The summed E-state index contributed by atoms with van der Waals surface area (Å²) < 4.78 is 36.6. The molecule has 2 fully saturated rings. The van der Waals surface area contributed by atoms with E-state index in [0.29, 0.717) is 18.4 Å². The molecule has 82 valence electrons. The lowest BCUT2D eigenvalue weighted by molar-refractivity contribution is -0.147. The Kier molecular flexibility index (Phi) is 2.47. The summed E-state index contributed by atoms with van der Waals surface area (Å²) in [5, 5.41) is 3.19. The third kappa shape index (κ3) is 1.88. The van der Waals surface area contributed by atoms with E-state index in [1.165, 1.54) is 0 Å². The van der Waals surface area contributed by atoms with Crippen LogP contribution in [0.15, 0.2) is 0 Å². The van der Waals surface area contributed by atoms with Crippen molar-refractivity contribution in [2.24, 2.45) is 11.8 Å². The molecule has 1 saturated carbocycles. The summed E-state index contributed by atoms with van der Waals surface area (Å²) in [5.41, 5.74) is 0. The number of rotatable bonds is 3. The molecular weight excluding hydrogens is 193 g/mol. The van der Waals surface area contributed by atoms with Crippen LogP contribution in [-0.2, 0) is 0 Å². The monoisotopic (exact) mass is 208 g/mol. The van der Waals surface area contributed by atoms with Gasteiger partial charge in [0.05, 0.1) is 6.54 Å². The molecule has 0 aromatic heterocycles. The molecule has 1 N–H and O–H groups in total. The average molecular weight is 208 g/mol. The number of hydrogen-bond donors (Lipinski definition) is 1. The lowest BCUT2D eigenvalue weighted by atomic mass is 10.3. The van der Waals surface area contributed by atoms with Crippen molar-refractivity contribution in [1.29, 1.82) is 0 Å². The van der Waals surface area contributed by atoms with Crippen molar-refractivity contribution < 1.29 is 13.2 Å². The number of hydrogen-bond acceptors (Lipinski definition) is 2. The van der Waals surface area contributed by atoms with E-state index in [1.807, 2.05) is 0 Å². The van der Waals surface area contributed by atoms with Gasteiger partial charge in [0.25, 0.3) is 0 Å². The Morgan fingerprint density at radius 3 is 2.29 bits per heavy atom. The third-order valence-corrected chi connectivity index (χ3v) is 3.26. The van der Waals surface area contributed by atoms with Crippen molar-refractivity contribution in [3.8, 4) is 0 Å². The van der Waals surface area contributed by atoms with Crippen molar-refractivity contribution in [3.63, 3.8) is 0 Å². The molecule has 3 atom stereocenters. The van der Waals surface area contributed by atoms with E-state index in [-0.39, 0.29) is 6.04 Å². The molecule has 14 heavy (non-hydrogen) atoms. The lowest BCUT2D eigenvalue weighted by Gasteiger charge is -2.23. The van der Waals surface area contributed by atoms with Gasteiger partial charge in [-0.1, -0.05) is 6.92 Å². The van der Waals surface area contributed by atoms with Crippen molar-refractivity contribution in [3.05, 3.63) is 0 Å². The smallest absolute Gasteiger partial charge is 0.316 e. The zero-order valence-corrected chi connectivity index (χ0v) is 8.14. The van der Waals surface area contributed by atoms with Gasteiger partial charge >= 0.3 is 6.18 Å². The molecular formula is C9H15F3N2. The minimum atomic E-state index is -4.06. The Hall–Kier alpha value is -0.290. The first-order valence-electron chi connectivity index (χ1n) is 5.04. The van der Waals surface area contributed by atoms with Gasteiger partial charge in [-0.25, -0.2) is 0 Å². The molecule has 1 saturated heterocycles. The Morgan fingerprint density at radius 1 is 1.29 bits per heavy atom. The maximum Gasteiger partial charge on any atom is 0.401 e. The number of halogens is 3. The molecule has 1 unspecified atom stereocenters. The van der Waals surface area contributed by atoms with Crippen LogP contribution in [0.3, 0.4) is 0 Å². The fourth-order valence-corrected chi connectivity index (χ4v) is 2.59. The molecule has 2 nitrogen and oxygen atoms in total. The van der Waals surface area contributed by atoms with E-state index in [0.717, 1.165) is 13.1 Å². The zero-order chi connectivity index (χ0) is 10.3. The molecule has 0 aromatic rings. The summed E-state index contributed by atoms with van der Waals surface area (Å²) in [6.45, 7) is 3.33. The average Bonchev–Trinajstić information content (AvgIpc) is 2.56. The largest absolute Gasteiger partial charge is 0.401 e. The van der Waals surface area contributed by atoms with Gasteiger partial charge in [0, 0.05) is 6.04 Å². The quantitative estimate of drug-likeness (QED) is 0.746. The standard InChI is InChI=1S/C9H15F3N2/c1-2-14(5-9(10,11)12)8-6-3-13-4-7(6)8/h6-8,13H,2-5H2,1H3/t6-,7+,8?. The summed E-state index contributed by atoms with van der Waals surface area (Å²) in [6, 6.07) is 0.183. The van der Waals surface area contributed by atoms with Crippen molar-refractivity contribution in [1.82, 2.24) is 10.2 Å². The number of nitrogens with zero attached hydrogens (tertiary/aromatic N) is 1. The van der Waals surface area contributed by atoms with Crippen LogP contribution in [0.5, 0.6) is 0 Å². The van der Waals surface area contributed by atoms with Crippen LogP contribution in [-0.4, -0.2) is 43.3 Å². The Balaban J connectivity index is 1.89. The van der Waals surface area contributed by atoms with Crippen molar-refractivity contribution in [2.45, 2.75) is 19.1 Å². The number of alkyl halides is 3. The summed E-state index contributed by atoms with van der Waals surface area (Å²) in [5.74, 6) is 0.939. The topological polar surface area (TPSA) is 15.3 Å². The molecule has 1 heterocycles. The van der Waals surface area contributed by atoms with Crippen LogP contribution < -0.4 is 5.32 Å². The van der Waals surface area contributed by atoms with Gasteiger partial charge in [-0.3, -0.25) is 4.90 Å². The van der Waals surface area contributed by atoms with Gasteiger partial charge in [0.1, 0.15) is 0 Å². The normalized spacial score (nSPS) is 36.2. The van der Waals surface area contributed by atoms with Gasteiger partial charge in [-0.2, -0.15) is 13.2 Å². The van der Waals surface area contributed by atoms with E-state index >= 15 is 0 Å². The predicted molar refractivity (Wildman–Crippen MR) is 46.9 cm³/mol. The molecule has 2 rings (SSSR count). The van der Waals surface area contributed by atoms with E-state index in [1.54, 1.807) is 11.8 Å². The summed E-state index contributed by atoms with van der Waals surface area (Å²) >= 11 is 0. The first-order valence-corrected chi connectivity index (χ1v) is 5.04. The maximum atomic E-state index is 12.2. The molecule has 2 aliphatic rings. The number of nitrogens with one attached hydrogen (secondary N) is 1. The van der Waals surface area contributed by atoms with Crippen molar-refractivity contribution >= 4 is 0 Å². The van der Waals surface area contributed by atoms with E-state index in [4.69, 9.17) is 0 Å². The predicted octanol–water partition coefficient (Wildman–Crippen LogP) is 1.09. The van der Waals surface area contributed by atoms with Crippen molar-refractivity contribution in [2.75, 3.05) is 26.2 Å². The van der Waals surface area contributed by atoms with Crippen LogP contribution in [0.25, 0.3) is 0 Å². The number of piperidine rings is 1. The van der Waals surface area contributed by atoms with Crippen LogP contribution in [0.4, 0.5) is 13.2 Å². The Bertz CT molecular complexity index is 207. The molecule has 0 aromatic carbocycles. The molecule has 0 radical (unpaired) electrons. The molecule has 5 heteroatoms. The highest BCUT2D eigenvalue weighted by Crippen LogP contribution is 2.46. The van der Waals surface area contributed by atoms with Crippen LogP contribution in [0.2, 0.25) is 0 Å². The third-order valence-electron chi connectivity index (χ3n) is 3.26. The molecule has 0 bridgehead atoms. The first-order chi connectivity index (χ1) is 6.53. The fraction of sp³-hybridized carbons (Fsp3) is 1.00. The Morgan fingerprint density at radius 2 is 1.86 bits per heavy atom. The molecule has 1 aliphatic heterocycles. The summed E-state index contributed by atoms with van der Waals surface area (Å²) in [7, 11) is 0. The second-order valence-electron chi connectivity index (χ2n) is 4.15. The second-order valence-corrected chi connectivity index (χ2v) is 4.15. The highest BCUT2D eigenvalue weighted by Gasteiger charge is 2.56. The maximum absolute atomic E-state index is 12.2. The minimum absolute atomic E-state index is 0.183. The van der Waals surface area contributed by atoms with E-state index in [2.05, 4.69) is 5.32 Å². The minimum Gasteiger partial charge on any atom is -0.316 e. The molecule has 1 aliphatic carbocycles. The molecule has 0 amide bonds. The van der Waals surface area contributed by atoms with Crippen LogP contribution in [0.1, 0.15) is 6.92 Å². The van der Waals surface area contributed by atoms with Gasteiger partial charge in [0.15, 0.2) is 0 Å². The lowest BCUT2D eigenvalue weighted by Crippen LogP contribution is -2.39. The van der Waals surface area contributed by atoms with E-state index < -0.39 is 12.7 Å². The fourth-order valence-electron chi connectivity index (χ4n) is 2.59. The van der Waals surface area contributed by atoms with Gasteiger partial charge in [0.2, 0.25) is 0 Å². The highest BCUT2D eigenvalue weighted by atomic mass is 19.4. The van der Waals surface area contributed by atoms with Crippen LogP contribution in [0, 0.1) is 11.8 Å². The molecule has 0 spiro atoms. The van der Waals surface area contributed by atoms with Gasteiger partial charge in [-0.15, -0.1) is 0 Å². The Labute approximate surface area is 81.5 Å². The highest BCUT2D eigenvalue weighted by molar-refractivity contribution is 5.10. The first kappa shape index (κ1) is 10.2.